The maximum absolute atomic E-state index is 14.0. The molecule has 0 amide bonds. The Morgan fingerprint density at radius 1 is 1.24 bits per heavy atom. The Kier molecular flexibility index (Phi) is 4.88. The van der Waals surface area contributed by atoms with Gasteiger partial charge in [0.05, 0.1) is 0 Å². The van der Waals surface area contributed by atoms with Gasteiger partial charge in [0.2, 0.25) is 0 Å². The van der Waals surface area contributed by atoms with Gasteiger partial charge in [-0.1, -0.05) is 12.1 Å². The van der Waals surface area contributed by atoms with Crippen molar-refractivity contribution < 1.29 is 9.13 Å². The van der Waals surface area contributed by atoms with Gasteiger partial charge in [-0.15, -0.1) is 0 Å². The number of nitrogens with one attached hydrogen (secondary N) is 1. The average molecular weight is 292 g/mol. The summed E-state index contributed by atoms with van der Waals surface area (Å²) in [7, 11) is 0. The zero-order valence-corrected chi connectivity index (χ0v) is 12.8. The molecule has 116 valence electrons. The van der Waals surface area contributed by atoms with Gasteiger partial charge in [0.25, 0.3) is 0 Å². The van der Waals surface area contributed by atoms with Crippen molar-refractivity contribution in [2.75, 3.05) is 39.4 Å². The molecular formula is C17H25FN2O. The predicted octanol–water partition coefficient (Wildman–Crippen LogP) is 2.51. The molecular weight excluding hydrogens is 267 g/mol. The lowest BCUT2D eigenvalue weighted by atomic mass is 9.84. The third-order valence-electron chi connectivity index (χ3n) is 4.89. The first kappa shape index (κ1) is 14.9. The van der Waals surface area contributed by atoms with Crippen molar-refractivity contribution in [3.63, 3.8) is 0 Å². The van der Waals surface area contributed by atoms with E-state index < -0.39 is 0 Å². The second-order valence-corrected chi connectivity index (χ2v) is 6.13. The lowest BCUT2D eigenvalue weighted by Gasteiger charge is -2.41. The highest BCUT2D eigenvalue weighted by atomic mass is 19.1. The fourth-order valence-corrected chi connectivity index (χ4v) is 3.69. The van der Waals surface area contributed by atoms with E-state index in [2.05, 4.69) is 16.3 Å². The molecule has 1 aromatic rings. The van der Waals surface area contributed by atoms with Crippen LogP contribution in [0.4, 0.5) is 4.39 Å². The monoisotopic (exact) mass is 292 g/mol. The molecule has 1 aromatic carbocycles. The van der Waals surface area contributed by atoms with E-state index in [0.717, 1.165) is 57.8 Å². The van der Waals surface area contributed by atoms with Crippen molar-refractivity contribution in [3.05, 3.63) is 35.1 Å². The number of nitrogens with zero attached hydrogens (tertiary/aromatic N) is 1. The summed E-state index contributed by atoms with van der Waals surface area (Å²) in [5, 5.41) is 3.41. The molecule has 21 heavy (non-hydrogen) atoms. The fraction of sp³-hybridized carbons (Fsp3) is 0.647. The largest absolute Gasteiger partial charge is 0.381 e. The Labute approximate surface area is 126 Å². The SMILES string of the molecule is Cc1c(F)cccc1[C@@H](C1CCOCC1)N1CCNCC1. The van der Waals surface area contributed by atoms with Gasteiger partial charge in [0.15, 0.2) is 0 Å². The number of benzene rings is 1. The maximum Gasteiger partial charge on any atom is 0.126 e. The minimum absolute atomic E-state index is 0.0836. The van der Waals surface area contributed by atoms with Crippen LogP contribution in [-0.4, -0.2) is 44.3 Å². The van der Waals surface area contributed by atoms with Crippen molar-refractivity contribution in [2.45, 2.75) is 25.8 Å². The predicted molar refractivity (Wildman–Crippen MR) is 81.9 cm³/mol. The van der Waals surface area contributed by atoms with Crippen molar-refractivity contribution in [3.8, 4) is 0 Å². The Morgan fingerprint density at radius 2 is 1.95 bits per heavy atom. The highest BCUT2D eigenvalue weighted by Gasteiger charge is 2.32. The molecule has 0 radical (unpaired) electrons. The van der Waals surface area contributed by atoms with E-state index in [9.17, 15) is 4.39 Å². The lowest BCUT2D eigenvalue weighted by molar-refractivity contribution is 0.0210. The smallest absolute Gasteiger partial charge is 0.126 e. The molecule has 2 aliphatic heterocycles. The summed E-state index contributed by atoms with van der Waals surface area (Å²) < 4.78 is 19.5. The first-order valence-electron chi connectivity index (χ1n) is 8.05. The van der Waals surface area contributed by atoms with Crippen LogP contribution in [-0.2, 0) is 4.74 Å². The van der Waals surface area contributed by atoms with E-state index in [0.29, 0.717) is 12.0 Å². The van der Waals surface area contributed by atoms with Gasteiger partial charge in [0, 0.05) is 45.4 Å². The molecule has 2 heterocycles. The molecule has 0 unspecified atom stereocenters. The van der Waals surface area contributed by atoms with E-state index in [1.807, 2.05) is 13.0 Å². The molecule has 2 fully saturated rings. The normalized spacial score (nSPS) is 23.1. The molecule has 0 aromatic heterocycles. The number of hydrogen-bond acceptors (Lipinski definition) is 3. The lowest BCUT2D eigenvalue weighted by Crippen LogP contribution is -2.47. The Balaban J connectivity index is 1.91. The molecule has 0 bridgehead atoms. The molecule has 1 atom stereocenters. The molecule has 0 saturated carbocycles. The van der Waals surface area contributed by atoms with Crippen molar-refractivity contribution in [1.82, 2.24) is 10.2 Å². The zero-order chi connectivity index (χ0) is 14.7. The van der Waals surface area contributed by atoms with E-state index in [1.54, 1.807) is 6.07 Å². The van der Waals surface area contributed by atoms with Crippen LogP contribution in [0.15, 0.2) is 18.2 Å². The van der Waals surface area contributed by atoms with Crippen LogP contribution in [0.5, 0.6) is 0 Å². The molecule has 1 N–H and O–H groups in total. The molecule has 2 aliphatic rings. The Hall–Kier alpha value is -0.970. The average Bonchev–Trinajstić information content (AvgIpc) is 2.54. The second kappa shape index (κ2) is 6.86. The first-order valence-corrected chi connectivity index (χ1v) is 8.05. The maximum atomic E-state index is 14.0. The number of halogens is 1. The fourth-order valence-electron chi connectivity index (χ4n) is 3.69. The quantitative estimate of drug-likeness (QED) is 0.926. The van der Waals surface area contributed by atoms with Crippen LogP contribution in [0.25, 0.3) is 0 Å². The third-order valence-corrected chi connectivity index (χ3v) is 4.89. The summed E-state index contributed by atoms with van der Waals surface area (Å²) in [5.41, 5.74) is 1.98. The van der Waals surface area contributed by atoms with Gasteiger partial charge in [-0.25, -0.2) is 4.39 Å². The standard InChI is InChI=1S/C17H25FN2O/c1-13-15(3-2-4-16(13)18)17(14-5-11-21-12-6-14)20-9-7-19-8-10-20/h2-4,14,17,19H,5-12H2,1H3/t17-/m1/s1. The van der Waals surface area contributed by atoms with E-state index in [1.165, 1.54) is 5.56 Å². The molecule has 2 saturated heterocycles. The number of rotatable bonds is 3. The zero-order valence-electron chi connectivity index (χ0n) is 12.8. The second-order valence-electron chi connectivity index (χ2n) is 6.13. The Bertz CT molecular complexity index is 450. The molecule has 0 aliphatic carbocycles. The highest BCUT2D eigenvalue weighted by Crippen LogP contribution is 2.37. The van der Waals surface area contributed by atoms with Gasteiger partial charge < -0.3 is 10.1 Å². The third kappa shape index (κ3) is 3.28. The van der Waals surface area contributed by atoms with E-state index in [4.69, 9.17) is 4.74 Å². The van der Waals surface area contributed by atoms with Gasteiger partial charge in [-0.05, 0) is 42.9 Å². The summed E-state index contributed by atoms with van der Waals surface area (Å²) in [5.74, 6) is 0.483. The van der Waals surface area contributed by atoms with Crippen molar-refractivity contribution in [2.24, 2.45) is 5.92 Å². The minimum Gasteiger partial charge on any atom is -0.381 e. The van der Waals surface area contributed by atoms with Crippen molar-refractivity contribution in [1.29, 1.82) is 0 Å². The summed E-state index contributed by atoms with van der Waals surface area (Å²) in [4.78, 5) is 2.54. The molecule has 4 heteroatoms. The van der Waals surface area contributed by atoms with Gasteiger partial charge in [-0.2, -0.15) is 0 Å². The van der Waals surface area contributed by atoms with Crippen molar-refractivity contribution >= 4 is 0 Å². The minimum atomic E-state index is -0.0836. The summed E-state index contributed by atoms with van der Waals surface area (Å²) >= 11 is 0. The molecule has 3 rings (SSSR count). The molecule has 0 spiro atoms. The highest BCUT2D eigenvalue weighted by molar-refractivity contribution is 5.31. The van der Waals surface area contributed by atoms with Gasteiger partial charge in [0.1, 0.15) is 5.82 Å². The van der Waals surface area contributed by atoms with Crippen LogP contribution < -0.4 is 5.32 Å². The topological polar surface area (TPSA) is 24.5 Å². The number of hydrogen-bond donors (Lipinski definition) is 1. The number of piperazine rings is 1. The van der Waals surface area contributed by atoms with Crippen LogP contribution in [0.1, 0.15) is 30.0 Å². The molecule has 3 nitrogen and oxygen atoms in total. The van der Waals surface area contributed by atoms with Crippen LogP contribution in [0, 0.1) is 18.7 Å². The van der Waals surface area contributed by atoms with E-state index >= 15 is 0 Å². The van der Waals surface area contributed by atoms with Crippen LogP contribution in [0.3, 0.4) is 0 Å². The van der Waals surface area contributed by atoms with E-state index in [-0.39, 0.29) is 5.82 Å². The summed E-state index contributed by atoms with van der Waals surface area (Å²) in [6.07, 6.45) is 2.15. The van der Waals surface area contributed by atoms with Gasteiger partial charge >= 0.3 is 0 Å². The Morgan fingerprint density at radius 3 is 2.67 bits per heavy atom. The van der Waals surface area contributed by atoms with Crippen LogP contribution >= 0.6 is 0 Å². The summed E-state index contributed by atoms with van der Waals surface area (Å²) in [6, 6.07) is 5.86. The van der Waals surface area contributed by atoms with Crippen LogP contribution in [0.2, 0.25) is 0 Å². The van der Waals surface area contributed by atoms with Gasteiger partial charge in [-0.3, -0.25) is 4.90 Å². The first-order chi connectivity index (χ1) is 10.3. The summed E-state index contributed by atoms with van der Waals surface area (Å²) in [6.45, 7) is 7.71. The number of ether oxygens (including phenoxy) is 1.